The van der Waals surface area contributed by atoms with Crippen LogP contribution in [0.4, 0.5) is 36.4 Å². The fourth-order valence-electron chi connectivity index (χ4n) is 1.57. The van der Waals surface area contributed by atoms with Gasteiger partial charge in [-0.1, -0.05) is 15.9 Å². The first-order chi connectivity index (χ1) is 9.79. The molecule has 0 saturated heterocycles. The molecular formula is C11H10BrF3N6. The summed E-state index contributed by atoms with van der Waals surface area (Å²) in [6, 6.07) is 5.12. The molecule has 0 bridgehead atoms. The van der Waals surface area contributed by atoms with E-state index in [2.05, 4.69) is 36.6 Å². The van der Waals surface area contributed by atoms with E-state index in [-0.39, 0.29) is 27.7 Å². The fourth-order valence-corrected chi connectivity index (χ4v) is 2.04. The first kappa shape index (κ1) is 15.3. The third-order valence-corrected chi connectivity index (χ3v) is 3.13. The Hall–Kier alpha value is -2.07. The van der Waals surface area contributed by atoms with Gasteiger partial charge in [-0.05, 0) is 18.2 Å². The van der Waals surface area contributed by atoms with Crippen molar-refractivity contribution in [3.8, 4) is 0 Å². The molecule has 1 aromatic heterocycles. The van der Waals surface area contributed by atoms with Crippen LogP contribution in [0.5, 0.6) is 0 Å². The second-order valence-corrected chi connectivity index (χ2v) is 4.81. The van der Waals surface area contributed by atoms with Gasteiger partial charge in [-0.25, -0.2) is 5.84 Å². The van der Waals surface area contributed by atoms with Gasteiger partial charge >= 0.3 is 6.18 Å². The van der Waals surface area contributed by atoms with Crippen molar-refractivity contribution in [3.05, 3.63) is 34.3 Å². The Bertz CT molecular complexity index is 661. The number of hydrazine groups is 1. The summed E-state index contributed by atoms with van der Waals surface area (Å²) >= 11 is 2.87. The minimum Gasteiger partial charge on any atom is -0.368 e. The molecule has 0 radical (unpaired) electrons. The predicted molar refractivity (Wildman–Crippen MR) is 76.7 cm³/mol. The van der Waals surface area contributed by atoms with Crippen LogP contribution in [0.1, 0.15) is 5.56 Å². The van der Waals surface area contributed by atoms with E-state index in [0.29, 0.717) is 0 Å². The first-order valence-corrected chi connectivity index (χ1v) is 6.34. The summed E-state index contributed by atoms with van der Waals surface area (Å²) in [6.07, 6.45) is -4.47. The van der Waals surface area contributed by atoms with E-state index >= 15 is 0 Å². The molecule has 0 saturated carbocycles. The van der Waals surface area contributed by atoms with Crippen molar-refractivity contribution in [2.24, 2.45) is 5.84 Å². The molecule has 0 aliphatic heterocycles. The minimum atomic E-state index is -4.47. The number of halogens is 4. The van der Waals surface area contributed by atoms with Crippen LogP contribution in [-0.4, -0.2) is 9.97 Å². The molecule has 2 aromatic rings. The minimum absolute atomic E-state index is 0.0490. The standard InChI is InChI=1S/C11H10BrF3N6/c12-7-2-1-5(3-6(7)11(13,14)15)18-8-4-9(21-17)20-10(16)19-8/h1-4H,17H2,(H4,16,18,19,20,21). The van der Waals surface area contributed by atoms with Gasteiger partial charge in [0.25, 0.3) is 0 Å². The average molecular weight is 363 g/mol. The number of nitrogen functional groups attached to an aromatic ring is 2. The number of hydrogen-bond acceptors (Lipinski definition) is 6. The molecule has 21 heavy (non-hydrogen) atoms. The van der Waals surface area contributed by atoms with E-state index in [0.717, 1.165) is 6.07 Å². The summed E-state index contributed by atoms with van der Waals surface area (Å²) in [5, 5.41) is 2.71. The normalized spacial score (nSPS) is 11.3. The molecule has 0 aliphatic rings. The Morgan fingerprint density at radius 3 is 2.38 bits per heavy atom. The number of rotatable bonds is 3. The first-order valence-electron chi connectivity index (χ1n) is 5.54. The summed E-state index contributed by atoms with van der Waals surface area (Å²) in [5.41, 5.74) is 7.15. The van der Waals surface area contributed by atoms with Crippen molar-refractivity contribution >= 4 is 39.2 Å². The highest BCUT2D eigenvalue weighted by atomic mass is 79.9. The van der Waals surface area contributed by atoms with E-state index in [9.17, 15) is 13.2 Å². The van der Waals surface area contributed by atoms with E-state index in [1.165, 1.54) is 18.2 Å². The highest BCUT2D eigenvalue weighted by molar-refractivity contribution is 9.10. The lowest BCUT2D eigenvalue weighted by Crippen LogP contribution is -2.11. The van der Waals surface area contributed by atoms with E-state index < -0.39 is 11.7 Å². The monoisotopic (exact) mass is 362 g/mol. The predicted octanol–water partition coefficient (Wildman–Crippen LogP) is 2.87. The number of nitrogens with zero attached hydrogens (tertiary/aromatic N) is 2. The molecule has 1 aromatic carbocycles. The maximum absolute atomic E-state index is 12.8. The van der Waals surface area contributed by atoms with Gasteiger partial charge in [0.1, 0.15) is 11.6 Å². The van der Waals surface area contributed by atoms with Crippen molar-refractivity contribution < 1.29 is 13.2 Å². The second-order valence-electron chi connectivity index (χ2n) is 3.96. The number of alkyl halides is 3. The molecule has 0 spiro atoms. The molecule has 0 amide bonds. The Morgan fingerprint density at radius 1 is 1.10 bits per heavy atom. The smallest absolute Gasteiger partial charge is 0.368 e. The Labute approximate surface area is 125 Å². The van der Waals surface area contributed by atoms with Crippen LogP contribution in [0.15, 0.2) is 28.7 Å². The number of benzene rings is 1. The van der Waals surface area contributed by atoms with Gasteiger partial charge in [0.15, 0.2) is 0 Å². The van der Waals surface area contributed by atoms with Gasteiger partial charge in [0.05, 0.1) is 5.56 Å². The number of nitrogens with two attached hydrogens (primary N) is 2. The Balaban J connectivity index is 2.34. The summed E-state index contributed by atoms with van der Waals surface area (Å²) < 4.78 is 38.4. The van der Waals surface area contributed by atoms with Crippen molar-refractivity contribution in [2.75, 3.05) is 16.5 Å². The maximum atomic E-state index is 12.8. The number of hydrogen-bond donors (Lipinski definition) is 4. The van der Waals surface area contributed by atoms with Crippen LogP contribution in [0.25, 0.3) is 0 Å². The number of aromatic nitrogens is 2. The molecule has 1 heterocycles. The molecule has 6 N–H and O–H groups in total. The van der Waals surface area contributed by atoms with E-state index in [1.807, 2.05) is 0 Å². The third kappa shape index (κ3) is 3.73. The highest BCUT2D eigenvalue weighted by Gasteiger charge is 2.33. The summed E-state index contributed by atoms with van der Waals surface area (Å²) in [7, 11) is 0. The lowest BCUT2D eigenvalue weighted by Gasteiger charge is -2.12. The van der Waals surface area contributed by atoms with Crippen LogP contribution in [-0.2, 0) is 6.18 Å². The zero-order valence-electron chi connectivity index (χ0n) is 10.4. The Kier molecular flexibility index (Phi) is 4.19. The third-order valence-electron chi connectivity index (χ3n) is 2.44. The lowest BCUT2D eigenvalue weighted by atomic mass is 10.2. The number of anilines is 4. The zero-order valence-corrected chi connectivity index (χ0v) is 12.0. The molecule has 0 aliphatic carbocycles. The summed E-state index contributed by atoms with van der Waals surface area (Å²) in [5.74, 6) is 5.58. The van der Waals surface area contributed by atoms with Gasteiger partial charge in [-0.3, -0.25) is 0 Å². The van der Waals surface area contributed by atoms with Gasteiger partial charge in [0.2, 0.25) is 5.95 Å². The van der Waals surface area contributed by atoms with Crippen LogP contribution in [0.3, 0.4) is 0 Å². The van der Waals surface area contributed by atoms with Gasteiger partial charge < -0.3 is 16.5 Å². The maximum Gasteiger partial charge on any atom is 0.417 e. The quantitative estimate of drug-likeness (QED) is 0.494. The molecule has 10 heteroatoms. The Morgan fingerprint density at radius 2 is 1.76 bits per heavy atom. The molecule has 6 nitrogen and oxygen atoms in total. The van der Waals surface area contributed by atoms with Crippen LogP contribution >= 0.6 is 15.9 Å². The van der Waals surface area contributed by atoms with Crippen LogP contribution < -0.4 is 22.3 Å². The molecule has 112 valence electrons. The van der Waals surface area contributed by atoms with Crippen molar-refractivity contribution in [2.45, 2.75) is 6.18 Å². The largest absolute Gasteiger partial charge is 0.417 e. The summed E-state index contributed by atoms with van der Waals surface area (Å²) in [6.45, 7) is 0. The average Bonchev–Trinajstić information content (AvgIpc) is 2.39. The van der Waals surface area contributed by atoms with Gasteiger partial charge in [-0.2, -0.15) is 23.1 Å². The van der Waals surface area contributed by atoms with Crippen LogP contribution in [0.2, 0.25) is 0 Å². The van der Waals surface area contributed by atoms with Gasteiger partial charge in [0, 0.05) is 16.2 Å². The number of nitrogens with one attached hydrogen (secondary N) is 2. The topological polar surface area (TPSA) is 102 Å². The molecule has 0 unspecified atom stereocenters. The van der Waals surface area contributed by atoms with Crippen LogP contribution in [0, 0.1) is 0 Å². The van der Waals surface area contributed by atoms with E-state index in [4.69, 9.17) is 11.6 Å². The van der Waals surface area contributed by atoms with Crippen molar-refractivity contribution in [1.29, 1.82) is 0 Å². The fraction of sp³-hybridized carbons (Fsp3) is 0.0909. The zero-order chi connectivity index (χ0) is 15.6. The lowest BCUT2D eigenvalue weighted by molar-refractivity contribution is -0.138. The highest BCUT2D eigenvalue weighted by Crippen LogP contribution is 2.36. The summed E-state index contributed by atoms with van der Waals surface area (Å²) in [4.78, 5) is 7.63. The SMILES string of the molecule is NNc1cc(Nc2ccc(Br)c(C(F)(F)F)c2)nc(N)n1. The molecular weight excluding hydrogens is 353 g/mol. The van der Waals surface area contributed by atoms with Crippen molar-refractivity contribution in [1.82, 2.24) is 9.97 Å². The molecule has 2 rings (SSSR count). The second kappa shape index (κ2) is 5.74. The molecule has 0 atom stereocenters. The van der Waals surface area contributed by atoms with Gasteiger partial charge in [-0.15, -0.1) is 0 Å². The molecule has 0 fully saturated rings. The van der Waals surface area contributed by atoms with Crippen molar-refractivity contribution in [3.63, 3.8) is 0 Å². The van der Waals surface area contributed by atoms with E-state index in [1.54, 1.807) is 0 Å².